The molecule has 1 unspecified atom stereocenters. The Kier molecular flexibility index (Phi) is 6.85. The highest BCUT2D eigenvalue weighted by Crippen LogP contribution is 2.38. The molecule has 0 saturated carbocycles. The van der Waals surface area contributed by atoms with Gasteiger partial charge >= 0.3 is 0 Å². The quantitative estimate of drug-likeness (QED) is 0.137. The number of aromatic nitrogens is 1. The van der Waals surface area contributed by atoms with Gasteiger partial charge < -0.3 is 4.57 Å². The van der Waals surface area contributed by atoms with Gasteiger partial charge in [0.2, 0.25) is 0 Å². The fourth-order valence-corrected chi connectivity index (χ4v) is 13.0. The molecule has 0 fully saturated rings. The van der Waals surface area contributed by atoms with Crippen LogP contribution in [0.5, 0.6) is 0 Å². The fourth-order valence-electron chi connectivity index (χ4n) is 7.69. The van der Waals surface area contributed by atoms with Crippen molar-refractivity contribution >= 4 is 46.2 Å². The second-order valence-electron chi connectivity index (χ2n) is 12.0. The summed E-state index contributed by atoms with van der Waals surface area (Å²) in [6.07, 6.45) is 15.2. The molecular formula is C42H35NSi. The zero-order chi connectivity index (χ0) is 29.3. The molecule has 0 aliphatic heterocycles. The van der Waals surface area contributed by atoms with Crippen molar-refractivity contribution in [1.82, 2.24) is 4.57 Å². The van der Waals surface area contributed by atoms with E-state index < -0.39 is 8.07 Å². The molecule has 44 heavy (non-hydrogen) atoms. The molecule has 0 spiro atoms. The summed E-state index contributed by atoms with van der Waals surface area (Å²) in [5, 5.41) is 5.75. The predicted molar refractivity (Wildman–Crippen MR) is 190 cm³/mol. The molecule has 2 aliphatic rings. The Morgan fingerprint density at radius 3 is 1.91 bits per heavy atom. The second kappa shape index (κ2) is 11.3. The van der Waals surface area contributed by atoms with E-state index in [0.717, 1.165) is 19.3 Å². The number of allylic oxidation sites excluding steroid dienone is 5. The molecule has 1 nitrogen and oxygen atoms in total. The van der Waals surface area contributed by atoms with Gasteiger partial charge in [0.25, 0.3) is 0 Å². The van der Waals surface area contributed by atoms with Gasteiger partial charge in [-0.2, -0.15) is 0 Å². The van der Waals surface area contributed by atoms with Crippen LogP contribution in [0.3, 0.4) is 0 Å². The maximum atomic E-state index is 2.59. The van der Waals surface area contributed by atoms with E-state index in [1.165, 1.54) is 54.5 Å². The third kappa shape index (κ3) is 4.37. The van der Waals surface area contributed by atoms with Crippen molar-refractivity contribution in [2.75, 3.05) is 0 Å². The van der Waals surface area contributed by atoms with Crippen LogP contribution in [-0.2, 0) is 6.42 Å². The minimum absolute atomic E-state index is 0.354. The normalized spacial score (nSPS) is 16.1. The summed E-state index contributed by atoms with van der Waals surface area (Å²) in [5.74, 6) is 0. The fraction of sp³-hybridized carbons (Fsp3) is 0.0952. The molecule has 5 aromatic carbocycles. The van der Waals surface area contributed by atoms with Crippen molar-refractivity contribution in [2.45, 2.75) is 24.8 Å². The first-order chi connectivity index (χ1) is 21.8. The Balaban J connectivity index is 1.43. The number of nitrogens with zero attached hydrogens (tertiary/aromatic N) is 1. The van der Waals surface area contributed by atoms with Crippen LogP contribution in [0.25, 0.3) is 28.2 Å². The van der Waals surface area contributed by atoms with E-state index in [9.17, 15) is 0 Å². The van der Waals surface area contributed by atoms with E-state index in [1.807, 2.05) is 0 Å². The molecule has 0 radical (unpaired) electrons. The molecule has 0 bridgehead atoms. The summed E-state index contributed by atoms with van der Waals surface area (Å²) >= 11 is 0. The Morgan fingerprint density at radius 1 is 0.591 bits per heavy atom. The van der Waals surface area contributed by atoms with E-state index in [4.69, 9.17) is 0 Å². The monoisotopic (exact) mass is 581 g/mol. The maximum Gasteiger partial charge on any atom is 0.155 e. The van der Waals surface area contributed by atoms with Crippen molar-refractivity contribution in [2.24, 2.45) is 0 Å². The predicted octanol–water partition coefficient (Wildman–Crippen LogP) is 8.47. The lowest BCUT2D eigenvalue weighted by molar-refractivity contribution is 0.888. The Bertz CT molecular complexity index is 1980. The van der Waals surface area contributed by atoms with Crippen molar-refractivity contribution in [3.63, 3.8) is 0 Å². The molecule has 1 heterocycles. The van der Waals surface area contributed by atoms with Gasteiger partial charge in [-0.25, -0.2) is 0 Å². The van der Waals surface area contributed by atoms with Crippen LogP contribution in [0, 0.1) is 0 Å². The number of hydrogen-bond donors (Lipinski definition) is 0. The van der Waals surface area contributed by atoms with Gasteiger partial charge in [0.15, 0.2) is 8.07 Å². The van der Waals surface area contributed by atoms with Crippen molar-refractivity contribution < 1.29 is 0 Å². The zero-order valence-electron chi connectivity index (χ0n) is 24.8. The molecule has 0 saturated heterocycles. The van der Waals surface area contributed by atoms with Crippen LogP contribution in [0.4, 0.5) is 0 Å². The summed E-state index contributed by atoms with van der Waals surface area (Å²) in [4.78, 5) is 0. The average Bonchev–Trinajstić information content (AvgIpc) is 3.44. The molecule has 2 aliphatic carbocycles. The third-order valence-corrected chi connectivity index (χ3v) is 14.8. The molecule has 0 N–H and O–H groups in total. The molecule has 0 amide bonds. The third-order valence-electron chi connectivity index (χ3n) is 9.60. The number of fused-ring (bicyclic) bond motifs is 3. The number of hydrogen-bond acceptors (Lipinski definition) is 0. The Hall–Kier alpha value is -4.92. The van der Waals surface area contributed by atoms with E-state index in [2.05, 4.69) is 174 Å². The topological polar surface area (TPSA) is 4.93 Å². The first-order valence-corrected chi connectivity index (χ1v) is 17.9. The summed E-state index contributed by atoms with van der Waals surface area (Å²) in [6, 6.07) is 52.0. The highest BCUT2D eigenvalue weighted by atomic mass is 28.3. The summed E-state index contributed by atoms with van der Waals surface area (Å²) in [5.41, 5.74) is 8.30. The van der Waals surface area contributed by atoms with Crippen LogP contribution >= 0.6 is 0 Å². The van der Waals surface area contributed by atoms with E-state index in [-0.39, 0.29) is 0 Å². The maximum absolute atomic E-state index is 2.59. The lowest BCUT2D eigenvalue weighted by atomic mass is 9.99. The number of para-hydroxylation sites is 1. The van der Waals surface area contributed by atoms with Gasteiger partial charge in [-0.3, -0.25) is 0 Å². The minimum atomic E-state index is -2.59. The lowest BCUT2D eigenvalue weighted by Crippen LogP contribution is -2.69. The molecule has 1 atom stereocenters. The molecule has 8 rings (SSSR count). The molecule has 6 aromatic rings. The van der Waals surface area contributed by atoms with Gasteiger partial charge in [-0.15, -0.1) is 0 Å². The smallest absolute Gasteiger partial charge is 0.155 e. The van der Waals surface area contributed by atoms with Gasteiger partial charge in [0.05, 0.1) is 5.52 Å². The van der Waals surface area contributed by atoms with Crippen LogP contribution in [0.1, 0.15) is 29.7 Å². The average molecular weight is 582 g/mol. The first-order valence-electron chi connectivity index (χ1n) is 15.8. The van der Waals surface area contributed by atoms with Crippen LogP contribution in [0.15, 0.2) is 164 Å². The van der Waals surface area contributed by atoms with Crippen molar-refractivity contribution in [1.29, 1.82) is 0 Å². The lowest BCUT2D eigenvalue weighted by Gasteiger charge is -2.40. The van der Waals surface area contributed by atoms with Crippen LogP contribution in [0.2, 0.25) is 5.54 Å². The Labute approximate surface area is 261 Å². The van der Waals surface area contributed by atoms with Crippen LogP contribution in [-0.4, -0.2) is 12.6 Å². The van der Waals surface area contributed by atoms with Gasteiger partial charge in [-0.1, -0.05) is 152 Å². The van der Waals surface area contributed by atoms with Crippen LogP contribution < -0.4 is 15.6 Å². The minimum Gasteiger partial charge on any atom is -0.313 e. The molecule has 1 aromatic heterocycles. The zero-order valence-corrected chi connectivity index (χ0v) is 25.8. The SMILES string of the molecule is C1=Cc2c(n(-c3ccccc3)c3ccc([Si](c4ccccc4)(c4ccccc4)C4C=C(c5ccccc5)C=CC4)cc23)CC1. The second-order valence-corrected chi connectivity index (χ2v) is 16.1. The summed E-state index contributed by atoms with van der Waals surface area (Å²) in [7, 11) is -2.59. The van der Waals surface area contributed by atoms with Crippen molar-refractivity contribution in [3.8, 4) is 5.69 Å². The molecule has 2 heteroatoms. The van der Waals surface area contributed by atoms with Crippen molar-refractivity contribution in [3.05, 3.63) is 181 Å². The van der Waals surface area contributed by atoms with Gasteiger partial charge in [-0.05, 0) is 69.7 Å². The number of benzene rings is 5. The molecular weight excluding hydrogens is 547 g/mol. The highest BCUT2D eigenvalue weighted by molar-refractivity contribution is 7.12. The summed E-state index contributed by atoms with van der Waals surface area (Å²) in [6.45, 7) is 0. The van der Waals surface area contributed by atoms with Gasteiger partial charge in [0, 0.05) is 22.3 Å². The molecule has 212 valence electrons. The Morgan fingerprint density at radius 2 is 1.23 bits per heavy atom. The first kappa shape index (κ1) is 26.7. The largest absolute Gasteiger partial charge is 0.313 e. The van der Waals surface area contributed by atoms with E-state index in [1.54, 1.807) is 0 Å². The van der Waals surface area contributed by atoms with Gasteiger partial charge in [0.1, 0.15) is 0 Å². The highest BCUT2D eigenvalue weighted by Gasteiger charge is 2.46. The van der Waals surface area contributed by atoms with E-state index in [0.29, 0.717) is 5.54 Å². The number of rotatable bonds is 6. The van der Waals surface area contributed by atoms with E-state index >= 15 is 0 Å². The standard InChI is InChI=1S/C42H35NSi/c1-5-16-32(17-6-1)33-18-15-25-37(30-33)44(35-21-9-3-10-22-35,36-23-11-4-12-24-36)38-28-29-42-40(31-38)39-26-13-14-27-41(39)43(42)34-19-7-2-8-20-34/h1-13,15-24,26,28-31,37H,14,25,27H2. The summed E-state index contributed by atoms with van der Waals surface area (Å²) < 4.78 is 2.50.